The molecule has 1 N–H and O–H groups in total. The van der Waals surface area contributed by atoms with Gasteiger partial charge in [-0.15, -0.1) is 0 Å². The summed E-state index contributed by atoms with van der Waals surface area (Å²) in [6, 6.07) is 20.9. The first kappa shape index (κ1) is 18.4. The minimum absolute atomic E-state index is 0.314. The lowest BCUT2D eigenvalue weighted by molar-refractivity contribution is 0.0697. The summed E-state index contributed by atoms with van der Waals surface area (Å²) in [4.78, 5) is 13.3. The number of nitrogens with zero attached hydrogens (tertiary/aromatic N) is 1. The molecule has 0 fully saturated rings. The van der Waals surface area contributed by atoms with Crippen molar-refractivity contribution in [3.05, 3.63) is 88.4 Å². The van der Waals surface area contributed by atoms with Crippen LogP contribution in [0.25, 0.3) is 0 Å². The number of carboxylic acids is 1. The van der Waals surface area contributed by atoms with Crippen molar-refractivity contribution in [1.29, 1.82) is 0 Å². The Labute approximate surface area is 168 Å². The topological polar surface area (TPSA) is 49.8 Å². The van der Waals surface area contributed by atoms with Crippen LogP contribution in [0.1, 0.15) is 27.9 Å². The Hall–Kier alpha value is -2.98. The highest BCUT2D eigenvalue weighted by Crippen LogP contribution is 2.40. The average molecular weight is 394 g/mol. The molecule has 4 nitrogen and oxygen atoms in total. The zero-order valence-electron chi connectivity index (χ0n) is 15.3. The van der Waals surface area contributed by atoms with Gasteiger partial charge in [0.2, 0.25) is 0 Å². The molecular weight excluding hydrogens is 374 g/mol. The van der Waals surface area contributed by atoms with Gasteiger partial charge in [0.25, 0.3) is 0 Å². The summed E-state index contributed by atoms with van der Waals surface area (Å²) < 4.78 is 6.13. The molecule has 5 heteroatoms. The Morgan fingerprint density at radius 2 is 1.82 bits per heavy atom. The lowest BCUT2D eigenvalue weighted by Gasteiger charge is -2.24. The fourth-order valence-electron chi connectivity index (χ4n) is 3.45. The minimum atomic E-state index is -0.900. The van der Waals surface area contributed by atoms with Gasteiger partial charge in [0.05, 0.1) is 11.3 Å². The number of halogens is 1. The second-order valence-electron chi connectivity index (χ2n) is 6.85. The van der Waals surface area contributed by atoms with E-state index in [1.54, 1.807) is 12.1 Å². The molecule has 0 unspecified atom stereocenters. The molecule has 142 valence electrons. The van der Waals surface area contributed by atoms with Crippen LogP contribution in [0.2, 0.25) is 5.02 Å². The van der Waals surface area contributed by atoms with E-state index in [1.807, 2.05) is 48.5 Å². The third-order valence-corrected chi connectivity index (χ3v) is 5.14. The lowest BCUT2D eigenvalue weighted by Crippen LogP contribution is -2.23. The maximum absolute atomic E-state index is 11.0. The van der Waals surface area contributed by atoms with Gasteiger partial charge in [0.15, 0.2) is 5.75 Å². The maximum atomic E-state index is 11.0. The predicted octanol–water partition coefficient (Wildman–Crippen LogP) is 5.78. The first-order valence-electron chi connectivity index (χ1n) is 9.22. The maximum Gasteiger partial charge on any atom is 0.335 e. The molecule has 0 spiro atoms. The molecule has 0 atom stereocenters. The van der Waals surface area contributed by atoms with Crippen molar-refractivity contribution in [3.8, 4) is 11.5 Å². The molecule has 0 aromatic heterocycles. The van der Waals surface area contributed by atoms with Gasteiger partial charge in [-0.1, -0.05) is 41.9 Å². The van der Waals surface area contributed by atoms with Crippen LogP contribution in [0.3, 0.4) is 0 Å². The third kappa shape index (κ3) is 3.97. The SMILES string of the molecule is O=C(O)c1ccc(CCCN2Cc3ccccc3Oc3ccc(Cl)cc32)cc1. The fourth-order valence-corrected chi connectivity index (χ4v) is 3.62. The normalized spacial score (nSPS) is 12.5. The van der Waals surface area contributed by atoms with Crippen LogP contribution >= 0.6 is 11.6 Å². The summed E-state index contributed by atoms with van der Waals surface area (Å²) in [7, 11) is 0. The Morgan fingerprint density at radius 3 is 2.61 bits per heavy atom. The number of anilines is 1. The van der Waals surface area contributed by atoms with Crippen LogP contribution in [0, 0.1) is 0 Å². The van der Waals surface area contributed by atoms with Crippen LogP contribution in [0.5, 0.6) is 11.5 Å². The van der Waals surface area contributed by atoms with E-state index in [0.717, 1.165) is 54.2 Å². The largest absolute Gasteiger partial charge is 0.478 e. The van der Waals surface area contributed by atoms with E-state index in [2.05, 4.69) is 11.0 Å². The molecule has 0 saturated heterocycles. The number of benzene rings is 3. The standard InChI is InChI=1S/C23H20ClNO3/c24-19-11-12-22-20(14-19)25(15-18-5-1-2-6-21(18)28-22)13-3-4-16-7-9-17(10-8-16)23(26)27/h1-2,5-12,14H,3-4,13,15H2,(H,26,27). The van der Waals surface area contributed by atoms with E-state index in [-0.39, 0.29) is 0 Å². The van der Waals surface area contributed by atoms with Gasteiger partial charge in [0.1, 0.15) is 5.75 Å². The molecule has 0 aliphatic carbocycles. The van der Waals surface area contributed by atoms with E-state index in [0.29, 0.717) is 10.6 Å². The zero-order valence-corrected chi connectivity index (χ0v) is 16.0. The Bertz CT molecular complexity index is 1000. The monoisotopic (exact) mass is 393 g/mol. The molecular formula is C23H20ClNO3. The van der Waals surface area contributed by atoms with Gasteiger partial charge in [-0.2, -0.15) is 0 Å². The second-order valence-corrected chi connectivity index (χ2v) is 7.29. The van der Waals surface area contributed by atoms with Gasteiger partial charge >= 0.3 is 5.97 Å². The Morgan fingerprint density at radius 1 is 1.04 bits per heavy atom. The van der Waals surface area contributed by atoms with Gasteiger partial charge in [-0.05, 0) is 54.8 Å². The molecule has 0 amide bonds. The van der Waals surface area contributed by atoms with Crippen LogP contribution in [-0.4, -0.2) is 17.6 Å². The highest BCUT2D eigenvalue weighted by atomic mass is 35.5. The van der Waals surface area contributed by atoms with Crippen LogP contribution in [-0.2, 0) is 13.0 Å². The summed E-state index contributed by atoms with van der Waals surface area (Å²) in [5, 5.41) is 9.70. The molecule has 3 aromatic rings. The number of aryl methyl sites for hydroxylation is 1. The summed E-state index contributed by atoms with van der Waals surface area (Å²) in [6.45, 7) is 1.59. The molecule has 28 heavy (non-hydrogen) atoms. The molecule has 1 heterocycles. The fraction of sp³-hybridized carbons (Fsp3) is 0.174. The lowest BCUT2D eigenvalue weighted by atomic mass is 10.1. The van der Waals surface area contributed by atoms with E-state index >= 15 is 0 Å². The van der Waals surface area contributed by atoms with Crippen molar-refractivity contribution in [3.63, 3.8) is 0 Å². The molecule has 3 aromatic carbocycles. The summed E-state index contributed by atoms with van der Waals surface area (Å²) in [5.74, 6) is 0.779. The average Bonchev–Trinajstić information content (AvgIpc) is 2.85. The summed E-state index contributed by atoms with van der Waals surface area (Å²) >= 11 is 6.25. The van der Waals surface area contributed by atoms with Crippen molar-refractivity contribution >= 4 is 23.3 Å². The van der Waals surface area contributed by atoms with Crippen molar-refractivity contribution < 1.29 is 14.6 Å². The quantitative estimate of drug-likeness (QED) is 0.596. The summed E-state index contributed by atoms with van der Waals surface area (Å²) in [6.07, 6.45) is 1.80. The number of carboxylic acid groups (broad SMARTS) is 1. The number of hydrogen-bond donors (Lipinski definition) is 1. The van der Waals surface area contributed by atoms with Gasteiger partial charge in [-0.25, -0.2) is 4.79 Å². The highest BCUT2D eigenvalue weighted by molar-refractivity contribution is 6.31. The number of carbonyl (C=O) groups is 1. The number of para-hydroxylation sites is 1. The van der Waals surface area contributed by atoms with Crippen LogP contribution in [0.4, 0.5) is 5.69 Å². The van der Waals surface area contributed by atoms with Crippen LogP contribution in [0.15, 0.2) is 66.7 Å². The van der Waals surface area contributed by atoms with E-state index in [4.69, 9.17) is 21.4 Å². The number of rotatable bonds is 5. The second kappa shape index (κ2) is 7.95. The molecule has 4 rings (SSSR count). The van der Waals surface area contributed by atoms with Crippen molar-refractivity contribution in [2.45, 2.75) is 19.4 Å². The summed E-state index contributed by atoms with van der Waals surface area (Å²) in [5.41, 5.74) is 3.57. The van der Waals surface area contributed by atoms with E-state index in [9.17, 15) is 4.79 Å². The van der Waals surface area contributed by atoms with Crippen LogP contribution < -0.4 is 9.64 Å². The first-order chi connectivity index (χ1) is 13.6. The Kier molecular flexibility index (Phi) is 5.22. The van der Waals surface area contributed by atoms with E-state index in [1.165, 1.54) is 0 Å². The highest BCUT2D eigenvalue weighted by Gasteiger charge is 2.20. The minimum Gasteiger partial charge on any atom is -0.478 e. The third-order valence-electron chi connectivity index (χ3n) is 4.91. The Balaban J connectivity index is 1.51. The number of ether oxygens (including phenoxy) is 1. The van der Waals surface area contributed by atoms with Gasteiger partial charge < -0.3 is 14.7 Å². The molecule has 0 bridgehead atoms. The molecule has 1 aliphatic rings. The molecule has 1 aliphatic heterocycles. The first-order valence-corrected chi connectivity index (χ1v) is 9.60. The van der Waals surface area contributed by atoms with E-state index < -0.39 is 5.97 Å². The zero-order chi connectivity index (χ0) is 19.5. The number of fused-ring (bicyclic) bond motifs is 2. The van der Waals surface area contributed by atoms with Crippen molar-refractivity contribution in [2.75, 3.05) is 11.4 Å². The molecule has 0 radical (unpaired) electrons. The number of hydrogen-bond acceptors (Lipinski definition) is 3. The van der Waals surface area contributed by atoms with Crippen molar-refractivity contribution in [1.82, 2.24) is 0 Å². The number of aromatic carboxylic acids is 1. The van der Waals surface area contributed by atoms with Gasteiger partial charge in [0, 0.05) is 23.7 Å². The predicted molar refractivity (Wildman–Crippen MR) is 111 cm³/mol. The molecule has 0 saturated carbocycles. The smallest absolute Gasteiger partial charge is 0.335 e. The van der Waals surface area contributed by atoms with Gasteiger partial charge in [-0.3, -0.25) is 0 Å². The van der Waals surface area contributed by atoms with Crippen molar-refractivity contribution in [2.24, 2.45) is 0 Å².